The molecular formula is C22H22ClN3O3S. The van der Waals surface area contributed by atoms with E-state index in [0.717, 1.165) is 27.3 Å². The van der Waals surface area contributed by atoms with Gasteiger partial charge in [0, 0.05) is 26.9 Å². The number of carbonyl (C=O) groups is 3. The first-order valence-electron chi connectivity index (χ1n) is 9.74. The summed E-state index contributed by atoms with van der Waals surface area (Å²) in [5, 5.41) is 6.14. The van der Waals surface area contributed by atoms with Gasteiger partial charge in [0.2, 0.25) is 0 Å². The molecule has 3 amide bonds. The van der Waals surface area contributed by atoms with Crippen molar-refractivity contribution in [3.05, 3.63) is 62.3 Å². The molecule has 1 atom stereocenters. The lowest BCUT2D eigenvalue weighted by molar-refractivity contribution is -0.124. The molecule has 2 aromatic rings. The van der Waals surface area contributed by atoms with Gasteiger partial charge in [0.25, 0.3) is 5.91 Å². The monoisotopic (exact) mass is 443 g/mol. The Bertz CT molecular complexity index is 1060. The number of urea groups is 1. The molecule has 1 aliphatic carbocycles. The normalized spacial score (nSPS) is 18.5. The van der Waals surface area contributed by atoms with Crippen LogP contribution in [-0.2, 0) is 17.9 Å². The minimum Gasteiger partial charge on any atom is -0.333 e. The number of rotatable bonds is 4. The number of ketones is 1. The molecule has 4 rings (SSSR count). The summed E-state index contributed by atoms with van der Waals surface area (Å²) < 4.78 is 0. The lowest BCUT2D eigenvalue weighted by atomic mass is 9.90. The highest BCUT2D eigenvalue weighted by Crippen LogP contribution is 2.35. The second-order valence-electron chi connectivity index (χ2n) is 7.70. The molecule has 1 fully saturated rings. The van der Waals surface area contributed by atoms with E-state index in [1.807, 2.05) is 19.1 Å². The molecule has 8 heteroatoms. The van der Waals surface area contributed by atoms with Crippen molar-refractivity contribution in [1.29, 1.82) is 0 Å². The molecule has 156 valence electrons. The van der Waals surface area contributed by atoms with Crippen molar-refractivity contribution >= 4 is 46.3 Å². The van der Waals surface area contributed by atoms with Crippen LogP contribution in [0.15, 0.2) is 36.4 Å². The van der Waals surface area contributed by atoms with Gasteiger partial charge in [-0.2, -0.15) is 0 Å². The van der Waals surface area contributed by atoms with Crippen LogP contribution >= 0.6 is 22.9 Å². The van der Waals surface area contributed by atoms with E-state index in [2.05, 4.69) is 17.2 Å². The van der Waals surface area contributed by atoms with Crippen LogP contribution in [0, 0.1) is 6.92 Å². The van der Waals surface area contributed by atoms with Crippen molar-refractivity contribution in [1.82, 2.24) is 10.2 Å². The average Bonchev–Trinajstić information content (AvgIpc) is 3.22. The van der Waals surface area contributed by atoms with Crippen LogP contribution < -0.4 is 10.6 Å². The fraction of sp³-hybridized carbons (Fsp3) is 0.318. The largest absolute Gasteiger partial charge is 0.333 e. The van der Waals surface area contributed by atoms with Crippen molar-refractivity contribution in [3.8, 4) is 0 Å². The van der Waals surface area contributed by atoms with Gasteiger partial charge in [0.15, 0.2) is 5.78 Å². The molecule has 30 heavy (non-hydrogen) atoms. The van der Waals surface area contributed by atoms with Crippen LogP contribution in [-0.4, -0.2) is 28.7 Å². The number of hydrogen-bond acceptors (Lipinski definition) is 4. The van der Waals surface area contributed by atoms with E-state index in [1.54, 1.807) is 17.0 Å². The molecule has 0 spiro atoms. The predicted octanol–water partition coefficient (Wildman–Crippen LogP) is 4.67. The Hall–Kier alpha value is -2.64. The standard InChI is InChI=1S/C22H22ClN3O3S/c1-12-3-6-18(19(27)7-12)26-11-20-16(21(26)28)9-15(30-20)10-24-22(29)25-14-5-4-13(2)17(23)8-14/h4-5,8-9,18H,1,3,6-7,10-11H2,2H3,(H2,24,25,29). The predicted molar refractivity (Wildman–Crippen MR) is 118 cm³/mol. The zero-order valence-electron chi connectivity index (χ0n) is 16.6. The van der Waals surface area contributed by atoms with Crippen molar-refractivity contribution in [3.63, 3.8) is 0 Å². The van der Waals surface area contributed by atoms with E-state index in [4.69, 9.17) is 11.6 Å². The number of nitrogens with one attached hydrogen (secondary N) is 2. The Morgan fingerprint density at radius 2 is 2.13 bits per heavy atom. The summed E-state index contributed by atoms with van der Waals surface area (Å²) in [5.74, 6) is -0.0263. The summed E-state index contributed by atoms with van der Waals surface area (Å²) in [7, 11) is 0. The van der Waals surface area contributed by atoms with Crippen LogP contribution in [0.5, 0.6) is 0 Å². The van der Waals surface area contributed by atoms with Gasteiger partial charge in [0.05, 0.1) is 24.7 Å². The average molecular weight is 444 g/mol. The summed E-state index contributed by atoms with van der Waals surface area (Å²) in [6.07, 6.45) is 1.79. The summed E-state index contributed by atoms with van der Waals surface area (Å²) in [5.41, 5.74) is 3.13. The summed E-state index contributed by atoms with van der Waals surface area (Å²) in [6.45, 7) is 6.55. The Kier molecular flexibility index (Phi) is 5.66. The first-order valence-corrected chi connectivity index (χ1v) is 10.9. The van der Waals surface area contributed by atoms with Crippen LogP contribution in [0.4, 0.5) is 10.5 Å². The third-order valence-corrected chi connectivity index (χ3v) is 6.99. The number of nitrogens with zero attached hydrogens (tertiary/aromatic N) is 1. The van der Waals surface area contributed by atoms with E-state index < -0.39 is 0 Å². The number of carbonyl (C=O) groups excluding carboxylic acids is 3. The van der Waals surface area contributed by atoms with Gasteiger partial charge in [-0.1, -0.05) is 29.8 Å². The van der Waals surface area contributed by atoms with Gasteiger partial charge in [-0.3, -0.25) is 9.59 Å². The number of anilines is 1. The van der Waals surface area contributed by atoms with Crippen LogP contribution in [0.25, 0.3) is 0 Å². The topological polar surface area (TPSA) is 78.5 Å². The molecule has 2 heterocycles. The van der Waals surface area contributed by atoms with Crippen LogP contribution in [0.2, 0.25) is 5.02 Å². The van der Waals surface area contributed by atoms with E-state index in [-0.39, 0.29) is 23.8 Å². The highest BCUT2D eigenvalue weighted by atomic mass is 35.5. The molecule has 1 aliphatic heterocycles. The second-order valence-corrected chi connectivity index (χ2v) is 9.33. The Morgan fingerprint density at radius 3 is 2.83 bits per heavy atom. The maximum atomic E-state index is 12.8. The van der Waals surface area contributed by atoms with Gasteiger partial charge in [-0.25, -0.2) is 4.79 Å². The SMILES string of the molecule is C=C1CCC(N2Cc3sc(CNC(=O)Nc4ccc(C)c(Cl)c4)cc3C2=O)C(=O)C1. The zero-order chi connectivity index (χ0) is 21.4. The number of fused-ring (bicyclic) bond motifs is 1. The van der Waals surface area contributed by atoms with E-state index in [9.17, 15) is 14.4 Å². The first-order chi connectivity index (χ1) is 14.3. The molecule has 1 aromatic carbocycles. The highest BCUT2D eigenvalue weighted by molar-refractivity contribution is 7.12. The van der Waals surface area contributed by atoms with Crippen molar-refractivity contribution in [2.75, 3.05) is 5.32 Å². The molecule has 6 nitrogen and oxygen atoms in total. The third-order valence-electron chi connectivity index (χ3n) is 5.46. The van der Waals surface area contributed by atoms with Crippen molar-refractivity contribution in [2.24, 2.45) is 0 Å². The number of allylic oxidation sites excluding steroid dienone is 1. The second kappa shape index (κ2) is 8.24. The molecule has 1 unspecified atom stereocenters. The molecule has 1 saturated carbocycles. The van der Waals surface area contributed by atoms with Gasteiger partial charge in [-0.15, -0.1) is 11.3 Å². The number of aryl methyl sites for hydroxylation is 1. The maximum Gasteiger partial charge on any atom is 0.319 e. The highest BCUT2D eigenvalue weighted by Gasteiger charge is 2.38. The van der Waals surface area contributed by atoms with Crippen molar-refractivity contribution in [2.45, 2.75) is 45.3 Å². The van der Waals surface area contributed by atoms with Crippen LogP contribution in [0.1, 0.15) is 44.9 Å². The van der Waals surface area contributed by atoms with Crippen LogP contribution in [0.3, 0.4) is 0 Å². The Labute approximate surface area is 183 Å². The molecule has 1 aromatic heterocycles. The molecule has 0 saturated heterocycles. The van der Waals surface area contributed by atoms with Gasteiger partial charge in [0.1, 0.15) is 0 Å². The number of hydrogen-bond donors (Lipinski definition) is 2. The number of Topliss-reactive ketones (excluding diaryl/α,β-unsaturated/α-hetero) is 1. The third kappa shape index (κ3) is 4.13. The lowest BCUT2D eigenvalue weighted by Gasteiger charge is -2.30. The molecule has 2 N–H and O–H groups in total. The fourth-order valence-electron chi connectivity index (χ4n) is 3.80. The van der Waals surface area contributed by atoms with Gasteiger partial charge in [-0.05, 0) is 43.5 Å². The minimum absolute atomic E-state index is 0.0736. The molecule has 2 aliphatic rings. The number of amides is 3. The number of benzene rings is 1. The van der Waals surface area contributed by atoms with E-state index >= 15 is 0 Å². The molecular weight excluding hydrogens is 422 g/mol. The zero-order valence-corrected chi connectivity index (χ0v) is 18.2. The summed E-state index contributed by atoms with van der Waals surface area (Å²) >= 11 is 7.57. The van der Waals surface area contributed by atoms with E-state index in [0.29, 0.717) is 42.2 Å². The van der Waals surface area contributed by atoms with Crippen molar-refractivity contribution < 1.29 is 14.4 Å². The lowest BCUT2D eigenvalue weighted by Crippen LogP contribution is -2.43. The molecule has 0 bridgehead atoms. The van der Waals surface area contributed by atoms with E-state index in [1.165, 1.54) is 11.3 Å². The Balaban J connectivity index is 1.34. The van der Waals surface area contributed by atoms with Gasteiger partial charge < -0.3 is 15.5 Å². The summed E-state index contributed by atoms with van der Waals surface area (Å²) in [6, 6.07) is 6.45. The maximum absolute atomic E-state index is 12.8. The number of halogens is 1. The molecule has 0 radical (unpaired) electrons. The first kappa shape index (κ1) is 20.6. The summed E-state index contributed by atoms with van der Waals surface area (Å²) in [4.78, 5) is 40.8. The smallest absolute Gasteiger partial charge is 0.319 e. The minimum atomic E-state index is -0.351. The Morgan fingerprint density at radius 1 is 1.33 bits per heavy atom. The number of thiophene rings is 1. The van der Waals surface area contributed by atoms with Gasteiger partial charge >= 0.3 is 6.03 Å². The quantitative estimate of drug-likeness (QED) is 0.674. The fourth-order valence-corrected chi connectivity index (χ4v) is 5.08.